The van der Waals surface area contributed by atoms with E-state index in [0.29, 0.717) is 39.7 Å². The molecule has 0 radical (unpaired) electrons. The summed E-state index contributed by atoms with van der Waals surface area (Å²) < 4.78 is 68.9. The Bertz CT molecular complexity index is 1490. The van der Waals surface area contributed by atoms with E-state index in [1.165, 1.54) is 0 Å². The molecule has 2 aromatic carbocycles. The van der Waals surface area contributed by atoms with Gasteiger partial charge in [0.1, 0.15) is 5.82 Å². The fourth-order valence-electron chi connectivity index (χ4n) is 4.54. The van der Waals surface area contributed by atoms with Gasteiger partial charge in [-0.25, -0.2) is 13.4 Å². The molecule has 0 atom stereocenters. The molecule has 5 rings (SSSR count). The SMILES string of the molecule is Cc1ccc2nc(N3CCS(=O)(=O)c4ccccc4C3)nc(NCC3(CNC(=O)C(F)(F)F)COC3)c2c1. The van der Waals surface area contributed by atoms with E-state index >= 15 is 0 Å². The molecule has 1 fully saturated rings. The fourth-order valence-corrected chi connectivity index (χ4v) is 6.03. The van der Waals surface area contributed by atoms with Gasteiger partial charge in [-0.2, -0.15) is 18.2 Å². The number of carbonyl (C=O) groups excluding carboxylic acids is 1. The lowest BCUT2D eigenvalue weighted by molar-refractivity contribution is -0.176. The van der Waals surface area contributed by atoms with Crippen molar-refractivity contribution in [1.82, 2.24) is 15.3 Å². The number of aromatic nitrogens is 2. The zero-order valence-electron chi connectivity index (χ0n) is 20.5. The van der Waals surface area contributed by atoms with Crippen LogP contribution in [0.15, 0.2) is 47.4 Å². The zero-order valence-corrected chi connectivity index (χ0v) is 21.3. The lowest BCUT2D eigenvalue weighted by Gasteiger charge is -2.41. The number of rotatable bonds is 6. The number of nitrogens with zero attached hydrogens (tertiary/aromatic N) is 3. The Labute approximate surface area is 217 Å². The maximum atomic E-state index is 12.8. The number of ether oxygens (including phenoxy) is 1. The first kappa shape index (κ1) is 26.2. The molecular formula is C25H26F3N5O4S. The summed E-state index contributed by atoms with van der Waals surface area (Å²) in [5, 5.41) is 5.91. The summed E-state index contributed by atoms with van der Waals surface area (Å²) >= 11 is 0. The monoisotopic (exact) mass is 549 g/mol. The highest BCUT2D eigenvalue weighted by Crippen LogP contribution is 2.32. The minimum atomic E-state index is -4.96. The van der Waals surface area contributed by atoms with Crippen molar-refractivity contribution < 1.29 is 31.1 Å². The van der Waals surface area contributed by atoms with Gasteiger partial charge in [0.15, 0.2) is 9.84 Å². The summed E-state index contributed by atoms with van der Waals surface area (Å²) in [5.41, 5.74) is 1.51. The summed E-state index contributed by atoms with van der Waals surface area (Å²) in [6, 6.07) is 12.5. The van der Waals surface area contributed by atoms with Crippen LogP contribution in [0.4, 0.5) is 24.9 Å². The molecule has 1 aromatic heterocycles. The molecule has 2 N–H and O–H groups in total. The van der Waals surface area contributed by atoms with Crippen LogP contribution >= 0.6 is 0 Å². The Hall–Kier alpha value is -3.45. The topological polar surface area (TPSA) is 114 Å². The van der Waals surface area contributed by atoms with Gasteiger partial charge in [-0.05, 0) is 30.7 Å². The average Bonchev–Trinajstić information content (AvgIpc) is 2.98. The first-order chi connectivity index (χ1) is 18.0. The summed E-state index contributed by atoms with van der Waals surface area (Å²) in [5.74, 6) is -1.30. The van der Waals surface area contributed by atoms with Crippen molar-refractivity contribution in [2.45, 2.75) is 24.5 Å². The number of alkyl halides is 3. The Balaban J connectivity index is 1.44. The second-order valence-electron chi connectivity index (χ2n) is 9.77. The summed E-state index contributed by atoms with van der Waals surface area (Å²) in [4.78, 5) is 22.9. The predicted molar refractivity (Wildman–Crippen MR) is 135 cm³/mol. The summed E-state index contributed by atoms with van der Waals surface area (Å²) in [7, 11) is -3.47. The number of nitrogens with one attached hydrogen (secondary N) is 2. The number of halogens is 3. The maximum Gasteiger partial charge on any atom is 0.471 e. The number of amides is 1. The van der Waals surface area contributed by atoms with Crippen molar-refractivity contribution >= 4 is 38.4 Å². The molecule has 13 heteroatoms. The van der Waals surface area contributed by atoms with Gasteiger partial charge in [0.25, 0.3) is 0 Å². The normalized spacial score (nSPS) is 18.3. The van der Waals surface area contributed by atoms with Gasteiger partial charge in [-0.3, -0.25) is 4.79 Å². The van der Waals surface area contributed by atoms with Gasteiger partial charge in [0.05, 0.1) is 34.8 Å². The number of sulfone groups is 1. The quantitative estimate of drug-likeness (QED) is 0.483. The highest BCUT2D eigenvalue weighted by atomic mass is 32.2. The minimum absolute atomic E-state index is 0.0958. The smallest absolute Gasteiger partial charge is 0.380 e. The molecule has 2 aliphatic heterocycles. The molecule has 1 saturated heterocycles. The van der Waals surface area contributed by atoms with E-state index in [2.05, 4.69) is 5.32 Å². The highest BCUT2D eigenvalue weighted by molar-refractivity contribution is 7.91. The molecule has 0 bridgehead atoms. The van der Waals surface area contributed by atoms with E-state index in [1.807, 2.05) is 30.4 Å². The second-order valence-corrected chi connectivity index (χ2v) is 11.8. The first-order valence-electron chi connectivity index (χ1n) is 12.0. The van der Waals surface area contributed by atoms with Crippen LogP contribution in [0.5, 0.6) is 0 Å². The van der Waals surface area contributed by atoms with Crippen LogP contribution in [-0.4, -0.2) is 69.1 Å². The molecule has 38 heavy (non-hydrogen) atoms. The van der Waals surface area contributed by atoms with Crippen LogP contribution in [0.3, 0.4) is 0 Å². The third-order valence-corrected chi connectivity index (χ3v) is 8.54. The van der Waals surface area contributed by atoms with Crippen LogP contribution in [0.25, 0.3) is 10.9 Å². The van der Waals surface area contributed by atoms with Crippen molar-refractivity contribution in [3.8, 4) is 0 Å². The van der Waals surface area contributed by atoms with E-state index < -0.39 is 27.3 Å². The van der Waals surface area contributed by atoms with Crippen molar-refractivity contribution in [1.29, 1.82) is 0 Å². The van der Waals surface area contributed by atoms with E-state index in [1.54, 1.807) is 29.2 Å². The van der Waals surface area contributed by atoms with Gasteiger partial charge >= 0.3 is 12.1 Å². The van der Waals surface area contributed by atoms with Gasteiger partial charge in [0.2, 0.25) is 5.95 Å². The van der Waals surface area contributed by atoms with E-state index in [9.17, 15) is 26.4 Å². The van der Waals surface area contributed by atoms with Gasteiger partial charge in [-0.15, -0.1) is 0 Å². The number of carbonyl (C=O) groups is 1. The van der Waals surface area contributed by atoms with Crippen LogP contribution in [0, 0.1) is 12.3 Å². The van der Waals surface area contributed by atoms with Crippen LogP contribution in [0.1, 0.15) is 11.1 Å². The van der Waals surface area contributed by atoms with E-state index in [0.717, 1.165) is 5.56 Å². The third-order valence-electron chi connectivity index (χ3n) is 6.75. The van der Waals surface area contributed by atoms with E-state index in [4.69, 9.17) is 14.7 Å². The number of hydrogen-bond acceptors (Lipinski definition) is 8. The first-order valence-corrected chi connectivity index (χ1v) is 13.6. The third kappa shape index (κ3) is 5.25. The number of aryl methyl sites for hydroxylation is 1. The second kappa shape index (κ2) is 9.70. The Morgan fingerprint density at radius 3 is 2.61 bits per heavy atom. The molecular weight excluding hydrogens is 523 g/mol. The van der Waals surface area contributed by atoms with Crippen LogP contribution < -0.4 is 15.5 Å². The van der Waals surface area contributed by atoms with Crippen molar-refractivity contribution in [2.24, 2.45) is 5.41 Å². The molecule has 0 saturated carbocycles. The largest absolute Gasteiger partial charge is 0.471 e. The molecule has 0 aliphatic carbocycles. The predicted octanol–water partition coefficient (Wildman–Crippen LogP) is 2.84. The maximum absolute atomic E-state index is 12.8. The molecule has 3 aromatic rings. The molecule has 0 unspecified atom stereocenters. The molecule has 0 spiro atoms. The van der Waals surface area contributed by atoms with Gasteiger partial charge in [-0.1, -0.05) is 29.8 Å². The molecule has 1 amide bonds. The van der Waals surface area contributed by atoms with Gasteiger partial charge in [0, 0.05) is 31.6 Å². The minimum Gasteiger partial charge on any atom is -0.380 e. The van der Waals surface area contributed by atoms with Crippen molar-refractivity contribution in [2.75, 3.05) is 48.8 Å². The number of anilines is 2. The lowest BCUT2D eigenvalue weighted by Crippen LogP contribution is -2.56. The number of hydrogen-bond donors (Lipinski definition) is 2. The standard InChI is InChI=1S/C25H26F3N5O4S/c1-16-6-7-19-18(10-16)21(29-12-24(14-37-15-24)13-30-22(34)25(26,27)28)32-23(31-19)33-8-9-38(35,36)20-5-3-2-4-17(20)11-33/h2-7,10H,8-9,11-15H2,1H3,(H,30,34)(H,29,31,32). The lowest BCUT2D eigenvalue weighted by atomic mass is 9.85. The average molecular weight is 550 g/mol. The Kier molecular flexibility index (Phi) is 6.68. The van der Waals surface area contributed by atoms with Crippen LogP contribution in [0.2, 0.25) is 0 Å². The molecule has 3 heterocycles. The van der Waals surface area contributed by atoms with Crippen molar-refractivity contribution in [3.05, 3.63) is 53.6 Å². The fraction of sp³-hybridized carbons (Fsp3) is 0.400. The molecule has 2 aliphatic rings. The highest BCUT2D eigenvalue weighted by Gasteiger charge is 2.43. The number of fused-ring (bicyclic) bond motifs is 2. The summed E-state index contributed by atoms with van der Waals surface area (Å²) in [6.45, 7) is 2.74. The molecule has 9 nitrogen and oxygen atoms in total. The van der Waals surface area contributed by atoms with E-state index in [-0.39, 0.29) is 38.6 Å². The molecule has 202 valence electrons. The Morgan fingerprint density at radius 1 is 1.13 bits per heavy atom. The number of benzene rings is 2. The zero-order chi connectivity index (χ0) is 27.1. The Morgan fingerprint density at radius 2 is 1.89 bits per heavy atom. The van der Waals surface area contributed by atoms with Gasteiger partial charge < -0.3 is 20.3 Å². The van der Waals surface area contributed by atoms with Crippen LogP contribution in [-0.2, 0) is 25.9 Å². The van der Waals surface area contributed by atoms with Crippen molar-refractivity contribution in [3.63, 3.8) is 0 Å². The summed E-state index contributed by atoms with van der Waals surface area (Å²) in [6.07, 6.45) is -4.96.